The van der Waals surface area contributed by atoms with Crippen LogP contribution in [-0.4, -0.2) is 25.1 Å². The largest absolute Gasteiger partial charge is 0.359 e. The van der Waals surface area contributed by atoms with E-state index in [-0.39, 0.29) is 18.2 Å². The van der Waals surface area contributed by atoms with Crippen LogP contribution < -0.4 is 10.6 Å². The maximum absolute atomic E-state index is 12.6. The van der Waals surface area contributed by atoms with Gasteiger partial charge in [-0.1, -0.05) is 54.6 Å². The van der Waals surface area contributed by atoms with E-state index in [4.69, 9.17) is 0 Å². The second kappa shape index (κ2) is 8.77. The molecule has 0 aliphatic rings. The fraction of sp³-hybridized carbons (Fsp3) is 0.0870. The molecule has 3 aromatic carbocycles. The van der Waals surface area contributed by atoms with Crippen molar-refractivity contribution in [2.75, 3.05) is 12.4 Å². The van der Waals surface area contributed by atoms with Gasteiger partial charge in [0.1, 0.15) is 6.29 Å². The highest BCUT2D eigenvalue weighted by Gasteiger charge is 2.11. The van der Waals surface area contributed by atoms with Crippen LogP contribution in [0.1, 0.15) is 26.3 Å². The summed E-state index contributed by atoms with van der Waals surface area (Å²) in [5.41, 5.74) is 4.42. The predicted molar refractivity (Wildman–Crippen MR) is 109 cm³/mol. The lowest BCUT2D eigenvalue weighted by molar-refractivity contribution is -0.119. The second-order valence-electron chi connectivity index (χ2n) is 6.28. The summed E-state index contributed by atoms with van der Waals surface area (Å²) in [4.78, 5) is 35.0. The Kier molecular flexibility index (Phi) is 5.97. The molecule has 5 nitrogen and oxygen atoms in total. The molecular formula is C23H20N2O3. The molecule has 3 rings (SSSR count). The van der Waals surface area contributed by atoms with E-state index in [2.05, 4.69) is 10.6 Å². The summed E-state index contributed by atoms with van der Waals surface area (Å²) in [5, 5.41) is 5.46. The number of hydrogen-bond acceptors (Lipinski definition) is 3. The minimum atomic E-state index is -0.243. The van der Waals surface area contributed by atoms with Crippen LogP contribution in [0.2, 0.25) is 0 Å². The Morgan fingerprint density at radius 1 is 0.857 bits per heavy atom. The zero-order valence-corrected chi connectivity index (χ0v) is 15.4. The van der Waals surface area contributed by atoms with Gasteiger partial charge in [0.2, 0.25) is 5.91 Å². The van der Waals surface area contributed by atoms with Crippen molar-refractivity contribution in [1.82, 2.24) is 5.32 Å². The number of likely N-dealkylation sites (N-methyl/N-ethyl adjacent to an activating group) is 1. The number of amides is 2. The van der Waals surface area contributed by atoms with Gasteiger partial charge in [0.05, 0.1) is 6.42 Å². The van der Waals surface area contributed by atoms with E-state index in [1.54, 1.807) is 37.4 Å². The fourth-order valence-corrected chi connectivity index (χ4v) is 2.82. The summed E-state index contributed by atoms with van der Waals surface area (Å²) in [6, 6.07) is 21.7. The third-order valence-electron chi connectivity index (χ3n) is 4.42. The molecule has 140 valence electrons. The van der Waals surface area contributed by atoms with Gasteiger partial charge in [-0.05, 0) is 34.9 Å². The highest BCUT2D eigenvalue weighted by molar-refractivity contribution is 6.05. The van der Waals surface area contributed by atoms with Gasteiger partial charge in [-0.2, -0.15) is 0 Å². The minimum Gasteiger partial charge on any atom is -0.359 e. The molecule has 0 saturated heterocycles. The molecule has 0 heterocycles. The van der Waals surface area contributed by atoms with Crippen LogP contribution in [0.25, 0.3) is 11.1 Å². The fourth-order valence-electron chi connectivity index (χ4n) is 2.82. The van der Waals surface area contributed by atoms with Crippen molar-refractivity contribution in [2.45, 2.75) is 6.42 Å². The van der Waals surface area contributed by atoms with Crippen LogP contribution in [0.3, 0.4) is 0 Å². The van der Waals surface area contributed by atoms with Crippen molar-refractivity contribution >= 4 is 23.8 Å². The lowest BCUT2D eigenvalue weighted by Gasteiger charge is -2.11. The molecular weight excluding hydrogens is 352 g/mol. The van der Waals surface area contributed by atoms with Gasteiger partial charge in [0.25, 0.3) is 5.91 Å². The Hall–Kier alpha value is -3.73. The zero-order chi connectivity index (χ0) is 19.9. The van der Waals surface area contributed by atoms with Crippen LogP contribution in [0.15, 0.2) is 72.8 Å². The van der Waals surface area contributed by atoms with Gasteiger partial charge >= 0.3 is 0 Å². The van der Waals surface area contributed by atoms with Crippen molar-refractivity contribution in [1.29, 1.82) is 0 Å². The lowest BCUT2D eigenvalue weighted by atomic mass is 10.0. The Balaban J connectivity index is 1.75. The first-order valence-electron chi connectivity index (χ1n) is 8.86. The van der Waals surface area contributed by atoms with Crippen molar-refractivity contribution in [3.63, 3.8) is 0 Å². The van der Waals surface area contributed by atoms with Crippen molar-refractivity contribution in [2.24, 2.45) is 0 Å². The molecule has 0 aliphatic heterocycles. The Morgan fingerprint density at radius 2 is 1.46 bits per heavy atom. The number of para-hydroxylation sites is 1. The van der Waals surface area contributed by atoms with Crippen LogP contribution in [0.4, 0.5) is 5.69 Å². The molecule has 0 spiro atoms. The van der Waals surface area contributed by atoms with Gasteiger partial charge in [-0.3, -0.25) is 14.4 Å². The first-order chi connectivity index (χ1) is 13.6. The third-order valence-corrected chi connectivity index (χ3v) is 4.42. The molecule has 0 radical (unpaired) electrons. The van der Waals surface area contributed by atoms with Crippen LogP contribution in [-0.2, 0) is 11.2 Å². The molecule has 5 heteroatoms. The van der Waals surface area contributed by atoms with Gasteiger partial charge in [-0.25, -0.2) is 0 Å². The highest BCUT2D eigenvalue weighted by Crippen LogP contribution is 2.21. The third kappa shape index (κ3) is 4.51. The lowest BCUT2D eigenvalue weighted by Crippen LogP contribution is -2.21. The monoisotopic (exact) mass is 372 g/mol. The normalized spacial score (nSPS) is 10.2. The van der Waals surface area contributed by atoms with Gasteiger partial charge in [0, 0.05) is 23.9 Å². The number of aldehydes is 1. The molecule has 0 aromatic heterocycles. The summed E-state index contributed by atoms with van der Waals surface area (Å²) < 4.78 is 0. The van der Waals surface area contributed by atoms with E-state index in [1.807, 2.05) is 42.5 Å². The smallest absolute Gasteiger partial charge is 0.255 e. The van der Waals surface area contributed by atoms with Crippen LogP contribution in [0.5, 0.6) is 0 Å². The predicted octanol–water partition coefficient (Wildman–Crippen LogP) is 3.71. The average Bonchev–Trinajstić information content (AvgIpc) is 2.75. The second-order valence-corrected chi connectivity index (χ2v) is 6.28. The van der Waals surface area contributed by atoms with Crippen LogP contribution >= 0.6 is 0 Å². The number of anilines is 1. The van der Waals surface area contributed by atoms with E-state index in [0.29, 0.717) is 16.8 Å². The number of benzene rings is 3. The molecule has 3 aromatic rings. The molecule has 2 amide bonds. The Labute approximate surface area is 163 Å². The maximum Gasteiger partial charge on any atom is 0.255 e. The van der Waals surface area contributed by atoms with Gasteiger partial charge in [-0.15, -0.1) is 0 Å². The molecule has 0 saturated carbocycles. The van der Waals surface area contributed by atoms with Gasteiger partial charge < -0.3 is 10.6 Å². The minimum absolute atomic E-state index is 0.119. The van der Waals surface area contributed by atoms with Crippen LogP contribution in [0, 0.1) is 0 Å². The number of carbonyl (C=O) groups is 3. The molecule has 28 heavy (non-hydrogen) atoms. The zero-order valence-electron chi connectivity index (χ0n) is 15.4. The summed E-state index contributed by atoms with van der Waals surface area (Å²) in [6.45, 7) is 0. The molecule has 0 unspecified atom stereocenters. The molecule has 0 aliphatic carbocycles. The highest BCUT2D eigenvalue weighted by atomic mass is 16.2. The molecule has 2 N–H and O–H groups in total. The van der Waals surface area contributed by atoms with Gasteiger partial charge in [0.15, 0.2) is 0 Å². The number of rotatable bonds is 6. The molecule has 0 fully saturated rings. The first-order valence-corrected chi connectivity index (χ1v) is 8.86. The van der Waals surface area contributed by atoms with E-state index in [0.717, 1.165) is 23.0 Å². The van der Waals surface area contributed by atoms with E-state index < -0.39 is 0 Å². The standard InChI is InChI=1S/C23H20N2O3/c1-24-22(27)14-20-4-2-3-5-21(20)25-23(28)19-12-10-18(11-13-19)17-8-6-16(15-26)7-9-17/h2-13,15H,14H2,1H3,(H,24,27)(H,25,28). The van der Waals surface area contributed by atoms with E-state index in [9.17, 15) is 14.4 Å². The summed E-state index contributed by atoms with van der Waals surface area (Å²) in [5.74, 6) is -0.362. The first kappa shape index (κ1) is 19.0. The molecule has 0 bridgehead atoms. The van der Waals surface area contributed by atoms with Crippen molar-refractivity contribution < 1.29 is 14.4 Å². The average molecular weight is 372 g/mol. The Bertz CT molecular complexity index is 993. The van der Waals surface area contributed by atoms with E-state index >= 15 is 0 Å². The van der Waals surface area contributed by atoms with Crippen molar-refractivity contribution in [3.8, 4) is 11.1 Å². The van der Waals surface area contributed by atoms with Crippen molar-refractivity contribution in [3.05, 3.63) is 89.5 Å². The topological polar surface area (TPSA) is 75.3 Å². The summed E-state index contributed by atoms with van der Waals surface area (Å²) >= 11 is 0. The number of hydrogen-bond donors (Lipinski definition) is 2. The maximum atomic E-state index is 12.6. The Morgan fingerprint density at radius 3 is 2.07 bits per heavy atom. The molecule has 0 atom stereocenters. The van der Waals surface area contributed by atoms with E-state index in [1.165, 1.54) is 0 Å². The summed E-state index contributed by atoms with van der Waals surface area (Å²) in [6.07, 6.45) is 1.00. The number of carbonyl (C=O) groups excluding carboxylic acids is 3. The quantitative estimate of drug-likeness (QED) is 0.648. The summed E-state index contributed by atoms with van der Waals surface area (Å²) in [7, 11) is 1.58. The number of nitrogens with one attached hydrogen (secondary N) is 2. The SMILES string of the molecule is CNC(=O)Cc1ccccc1NC(=O)c1ccc(-c2ccc(C=O)cc2)cc1.